The fourth-order valence-corrected chi connectivity index (χ4v) is 2.66. The summed E-state index contributed by atoms with van der Waals surface area (Å²) >= 11 is 0. The lowest BCUT2D eigenvalue weighted by Crippen LogP contribution is -2.26. The molecular weight excluding hydrogens is 330 g/mol. The number of ether oxygens (including phenoxy) is 1. The first kappa shape index (κ1) is 19.4. The van der Waals surface area contributed by atoms with Crippen LogP contribution in [-0.2, 0) is 4.74 Å². The summed E-state index contributed by atoms with van der Waals surface area (Å²) in [5.41, 5.74) is 1.15. The van der Waals surface area contributed by atoms with Gasteiger partial charge < -0.3 is 15.0 Å². The number of rotatable bonds is 8. The lowest BCUT2D eigenvalue weighted by molar-refractivity contribution is 0.0602. The summed E-state index contributed by atoms with van der Waals surface area (Å²) in [7, 11) is 1.31. The van der Waals surface area contributed by atoms with Gasteiger partial charge in [-0.2, -0.15) is 0 Å². The van der Waals surface area contributed by atoms with Gasteiger partial charge in [0.25, 0.3) is 5.91 Å². The Morgan fingerprint density at radius 1 is 1.08 bits per heavy atom. The van der Waals surface area contributed by atoms with Crippen LogP contribution in [0.1, 0.15) is 47.4 Å². The number of hydrogen-bond donors (Lipinski definition) is 1. The molecule has 0 spiro atoms. The van der Waals surface area contributed by atoms with E-state index in [1.165, 1.54) is 7.11 Å². The zero-order chi connectivity index (χ0) is 18.9. The van der Waals surface area contributed by atoms with Crippen LogP contribution >= 0.6 is 0 Å². The molecule has 1 heterocycles. The molecule has 6 heteroatoms. The first-order valence-corrected chi connectivity index (χ1v) is 8.80. The van der Waals surface area contributed by atoms with E-state index in [9.17, 15) is 9.59 Å². The van der Waals surface area contributed by atoms with E-state index in [2.05, 4.69) is 29.0 Å². The molecule has 6 nitrogen and oxygen atoms in total. The molecule has 0 bridgehead atoms. The number of carbonyl (C=O) groups is 2. The standard InChI is InChI=1S/C20H25N3O3/c1-4-12-23(13-5-2)18-11-10-15(14-21-18)19(24)22-17-9-7-6-8-16(17)20(25)26-3/h6-11,14H,4-5,12-13H2,1-3H3,(H,22,24). The summed E-state index contributed by atoms with van der Waals surface area (Å²) in [5.74, 6) is 0.0438. The molecule has 0 fully saturated rings. The van der Waals surface area contributed by atoms with Gasteiger partial charge in [0, 0.05) is 19.3 Å². The summed E-state index contributed by atoms with van der Waals surface area (Å²) in [6, 6.07) is 10.3. The van der Waals surface area contributed by atoms with Gasteiger partial charge in [-0.3, -0.25) is 4.79 Å². The molecule has 0 radical (unpaired) electrons. The Morgan fingerprint density at radius 2 is 1.77 bits per heavy atom. The molecule has 0 saturated heterocycles. The smallest absolute Gasteiger partial charge is 0.339 e. The summed E-state index contributed by atoms with van der Waals surface area (Å²) in [6.07, 6.45) is 3.63. The quantitative estimate of drug-likeness (QED) is 0.730. The Morgan fingerprint density at radius 3 is 2.35 bits per heavy atom. The van der Waals surface area contributed by atoms with Crippen molar-refractivity contribution in [3.63, 3.8) is 0 Å². The number of nitrogens with one attached hydrogen (secondary N) is 1. The molecule has 138 valence electrons. The van der Waals surface area contributed by atoms with Gasteiger partial charge in [-0.1, -0.05) is 26.0 Å². The van der Waals surface area contributed by atoms with E-state index in [0.717, 1.165) is 31.7 Å². The Labute approximate surface area is 154 Å². The number of para-hydroxylation sites is 1. The molecule has 0 unspecified atom stereocenters. The van der Waals surface area contributed by atoms with Crippen LogP contribution in [0, 0.1) is 0 Å². The van der Waals surface area contributed by atoms with Crippen LogP contribution in [-0.4, -0.2) is 37.1 Å². The van der Waals surface area contributed by atoms with Gasteiger partial charge >= 0.3 is 5.97 Å². The highest BCUT2D eigenvalue weighted by atomic mass is 16.5. The second kappa shape index (κ2) is 9.56. The molecule has 0 atom stereocenters. The minimum Gasteiger partial charge on any atom is -0.465 e. The largest absolute Gasteiger partial charge is 0.465 e. The molecule has 0 saturated carbocycles. The first-order valence-electron chi connectivity index (χ1n) is 8.80. The van der Waals surface area contributed by atoms with E-state index >= 15 is 0 Å². The molecule has 1 N–H and O–H groups in total. The number of esters is 1. The van der Waals surface area contributed by atoms with Gasteiger partial charge in [0.05, 0.1) is 23.9 Å². The van der Waals surface area contributed by atoms with Crippen molar-refractivity contribution in [3.05, 3.63) is 53.7 Å². The van der Waals surface area contributed by atoms with Crippen molar-refractivity contribution in [2.45, 2.75) is 26.7 Å². The molecule has 1 aromatic carbocycles. The lowest BCUT2D eigenvalue weighted by Gasteiger charge is -2.22. The van der Waals surface area contributed by atoms with Gasteiger partial charge in [0.15, 0.2) is 0 Å². The monoisotopic (exact) mass is 355 g/mol. The number of methoxy groups -OCH3 is 1. The van der Waals surface area contributed by atoms with Crippen LogP contribution in [0.15, 0.2) is 42.6 Å². The summed E-state index contributed by atoms with van der Waals surface area (Å²) in [5, 5.41) is 2.75. The number of benzene rings is 1. The van der Waals surface area contributed by atoms with Crippen LogP contribution in [0.5, 0.6) is 0 Å². The molecule has 1 aromatic heterocycles. The van der Waals surface area contributed by atoms with Crippen molar-refractivity contribution in [1.82, 2.24) is 4.98 Å². The van der Waals surface area contributed by atoms with E-state index in [-0.39, 0.29) is 5.91 Å². The van der Waals surface area contributed by atoms with Gasteiger partial charge in [0.2, 0.25) is 0 Å². The van der Waals surface area contributed by atoms with Crippen molar-refractivity contribution < 1.29 is 14.3 Å². The zero-order valence-electron chi connectivity index (χ0n) is 15.5. The Bertz CT molecular complexity index is 738. The predicted molar refractivity (Wildman–Crippen MR) is 103 cm³/mol. The number of aromatic nitrogens is 1. The fraction of sp³-hybridized carbons (Fsp3) is 0.350. The molecule has 2 aromatic rings. The lowest BCUT2D eigenvalue weighted by atomic mass is 10.1. The average Bonchev–Trinajstić information content (AvgIpc) is 2.67. The highest BCUT2D eigenvalue weighted by Crippen LogP contribution is 2.18. The van der Waals surface area contributed by atoms with Gasteiger partial charge in [-0.15, -0.1) is 0 Å². The second-order valence-corrected chi connectivity index (χ2v) is 5.88. The molecule has 0 aliphatic heterocycles. The molecule has 26 heavy (non-hydrogen) atoms. The van der Waals surface area contributed by atoms with E-state index in [1.54, 1.807) is 36.5 Å². The van der Waals surface area contributed by atoms with Crippen LogP contribution in [0.3, 0.4) is 0 Å². The van der Waals surface area contributed by atoms with Crippen LogP contribution in [0.4, 0.5) is 11.5 Å². The van der Waals surface area contributed by atoms with Gasteiger partial charge in [-0.25, -0.2) is 9.78 Å². The molecule has 0 aliphatic rings. The maximum absolute atomic E-state index is 12.5. The highest BCUT2D eigenvalue weighted by molar-refractivity contribution is 6.07. The predicted octanol–water partition coefficient (Wildman–Crippen LogP) is 3.75. The van der Waals surface area contributed by atoms with Gasteiger partial charge in [-0.05, 0) is 37.1 Å². The third-order valence-electron chi connectivity index (χ3n) is 3.90. The minimum atomic E-state index is -0.496. The molecule has 2 rings (SSSR count). The number of hydrogen-bond acceptors (Lipinski definition) is 5. The summed E-state index contributed by atoms with van der Waals surface area (Å²) < 4.78 is 4.74. The van der Waals surface area contributed by atoms with Crippen LogP contribution in [0.25, 0.3) is 0 Å². The zero-order valence-corrected chi connectivity index (χ0v) is 15.5. The maximum atomic E-state index is 12.5. The molecular formula is C20H25N3O3. The number of amides is 1. The average molecular weight is 355 g/mol. The van der Waals surface area contributed by atoms with Crippen molar-refractivity contribution in [3.8, 4) is 0 Å². The Kier molecular flexibility index (Phi) is 7.14. The first-order chi connectivity index (χ1) is 12.6. The number of nitrogens with zero attached hydrogens (tertiary/aromatic N) is 2. The second-order valence-electron chi connectivity index (χ2n) is 5.88. The minimum absolute atomic E-state index is 0.310. The number of anilines is 2. The van der Waals surface area contributed by atoms with Crippen molar-refractivity contribution in [2.75, 3.05) is 30.4 Å². The third kappa shape index (κ3) is 4.81. The fourth-order valence-electron chi connectivity index (χ4n) is 2.66. The number of carbonyl (C=O) groups excluding carboxylic acids is 2. The third-order valence-corrected chi connectivity index (χ3v) is 3.90. The summed E-state index contributed by atoms with van der Waals surface area (Å²) in [6.45, 7) is 6.12. The SMILES string of the molecule is CCCN(CCC)c1ccc(C(=O)Nc2ccccc2C(=O)OC)cn1. The van der Waals surface area contributed by atoms with E-state index in [1.807, 2.05) is 6.07 Å². The van der Waals surface area contributed by atoms with Crippen LogP contribution in [0.2, 0.25) is 0 Å². The topological polar surface area (TPSA) is 71.5 Å². The highest BCUT2D eigenvalue weighted by Gasteiger charge is 2.15. The van der Waals surface area contributed by atoms with E-state index in [4.69, 9.17) is 4.74 Å². The Hall–Kier alpha value is -2.89. The molecule has 1 amide bonds. The Balaban J connectivity index is 2.15. The number of pyridine rings is 1. The van der Waals surface area contributed by atoms with E-state index in [0.29, 0.717) is 16.8 Å². The van der Waals surface area contributed by atoms with Crippen LogP contribution < -0.4 is 10.2 Å². The normalized spacial score (nSPS) is 10.3. The van der Waals surface area contributed by atoms with Gasteiger partial charge in [0.1, 0.15) is 5.82 Å². The van der Waals surface area contributed by atoms with Crippen molar-refractivity contribution >= 4 is 23.4 Å². The van der Waals surface area contributed by atoms with E-state index < -0.39 is 5.97 Å². The van der Waals surface area contributed by atoms with Crippen molar-refractivity contribution in [2.24, 2.45) is 0 Å². The molecule has 0 aliphatic carbocycles. The van der Waals surface area contributed by atoms with Crippen molar-refractivity contribution in [1.29, 1.82) is 0 Å². The maximum Gasteiger partial charge on any atom is 0.339 e. The summed E-state index contributed by atoms with van der Waals surface area (Å²) in [4.78, 5) is 30.9.